The number of para-hydroxylation sites is 2. The Morgan fingerprint density at radius 2 is 2.00 bits per heavy atom. The quantitative estimate of drug-likeness (QED) is 0.588. The first-order valence-electron chi connectivity index (χ1n) is 7.30. The van der Waals surface area contributed by atoms with E-state index >= 15 is 0 Å². The topological polar surface area (TPSA) is 90.8 Å². The largest absolute Gasteiger partial charge is 0.507 e. The highest BCUT2D eigenvalue weighted by Crippen LogP contribution is 2.36. The van der Waals surface area contributed by atoms with E-state index in [1.807, 2.05) is 24.3 Å². The van der Waals surface area contributed by atoms with E-state index in [9.17, 15) is 14.7 Å². The minimum absolute atomic E-state index is 0.0168. The Morgan fingerprint density at radius 3 is 2.83 bits per heavy atom. The normalized spacial score (nSPS) is 16.5. The summed E-state index contributed by atoms with van der Waals surface area (Å²) in [5, 5.41) is 15.7. The lowest BCUT2D eigenvalue weighted by atomic mass is 10.2. The highest BCUT2D eigenvalue weighted by atomic mass is 32.2. The number of nitrogens with zero attached hydrogens (tertiary/aromatic N) is 1. The molecule has 0 bridgehead atoms. The predicted octanol–water partition coefficient (Wildman–Crippen LogP) is 2.35. The average molecular weight is 341 g/mol. The number of hydrazone groups is 1. The molecule has 6 nitrogen and oxygen atoms in total. The molecule has 2 aromatic carbocycles. The van der Waals surface area contributed by atoms with Crippen molar-refractivity contribution in [3.8, 4) is 5.75 Å². The number of thioether (sulfide) groups is 1. The third-order valence-electron chi connectivity index (χ3n) is 3.41. The van der Waals surface area contributed by atoms with Crippen molar-refractivity contribution in [2.75, 3.05) is 5.32 Å². The van der Waals surface area contributed by atoms with Crippen molar-refractivity contribution in [3.05, 3.63) is 54.1 Å². The Kier molecular flexibility index (Phi) is 4.81. The third-order valence-corrected chi connectivity index (χ3v) is 4.68. The summed E-state index contributed by atoms with van der Waals surface area (Å²) in [5.74, 6) is -0.485. The van der Waals surface area contributed by atoms with Crippen molar-refractivity contribution in [2.24, 2.45) is 5.10 Å². The summed E-state index contributed by atoms with van der Waals surface area (Å²) in [6, 6.07) is 14.1. The molecule has 3 N–H and O–H groups in total. The summed E-state index contributed by atoms with van der Waals surface area (Å²) in [6.45, 7) is 0. The number of aromatic hydroxyl groups is 1. The number of carbonyl (C=O) groups excluding carboxylic acids is 2. The number of fused-ring (bicyclic) bond motifs is 1. The van der Waals surface area contributed by atoms with Crippen LogP contribution in [0.15, 0.2) is 58.5 Å². The van der Waals surface area contributed by atoms with E-state index in [1.165, 1.54) is 24.0 Å². The number of benzene rings is 2. The maximum atomic E-state index is 12.0. The Hall–Kier alpha value is -2.80. The fourth-order valence-corrected chi connectivity index (χ4v) is 3.32. The third kappa shape index (κ3) is 3.75. The molecule has 0 aliphatic carbocycles. The zero-order valence-corrected chi connectivity index (χ0v) is 13.4. The molecule has 7 heteroatoms. The summed E-state index contributed by atoms with van der Waals surface area (Å²) < 4.78 is 0. The SMILES string of the molecule is O=C(CC1Sc2ccccc2NC1=O)NN=Cc1ccccc1O. The van der Waals surface area contributed by atoms with E-state index in [0.717, 1.165) is 10.6 Å². The number of hydrogen-bond acceptors (Lipinski definition) is 5. The first-order chi connectivity index (χ1) is 11.6. The van der Waals surface area contributed by atoms with Gasteiger partial charge in [0.05, 0.1) is 17.2 Å². The summed E-state index contributed by atoms with van der Waals surface area (Å²) in [6.07, 6.45) is 1.37. The van der Waals surface area contributed by atoms with Gasteiger partial charge < -0.3 is 10.4 Å². The van der Waals surface area contributed by atoms with E-state index < -0.39 is 5.25 Å². The van der Waals surface area contributed by atoms with Crippen LogP contribution in [0.1, 0.15) is 12.0 Å². The van der Waals surface area contributed by atoms with Gasteiger partial charge in [-0.25, -0.2) is 5.43 Å². The number of phenols is 1. The molecule has 122 valence electrons. The predicted molar refractivity (Wildman–Crippen MR) is 93.2 cm³/mol. The molecule has 1 aliphatic heterocycles. The van der Waals surface area contributed by atoms with Gasteiger partial charge in [0.15, 0.2) is 0 Å². The summed E-state index contributed by atoms with van der Waals surface area (Å²) in [5.41, 5.74) is 3.64. The fraction of sp³-hybridized carbons (Fsp3) is 0.118. The van der Waals surface area contributed by atoms with Gasteiger partial charge in [-0.15, -0.1) is 11.8 Å². The standard InChI is InChI=1S/C17H15N3O3S/c21-13-7-3-1-5-11(13)10-18-20-16(22)9-15-17(23)19-12-6-2-4-8-14(12)24-15/h1-8,10,15,21H,9H2,(H,19,23)(H,20,22). The highest BCUT2D eigenvalue weighted by Gasteiger charge is 2.28. The number of nitrogens with one attached hydrogen (secondary N) is 2. The van der Waals surface area contributed by atoms with Crippen LogP contribution >= 0.6 is 11.8 Å². The highest BCUT2D eigenvalue weighted by molar-refractivity contribution is 8.01. The van der Waals surface area contributed by atoms with Gasteiger partial charge in [0.25, 0.3) is 0 Å². The van der Waals surface area contributed by atoms with Crippen LogP contribution in [0.5, 0.6) is 5.75 Å². The smallest absolute Gasteiger partial charge is 0.241 e. The fourth-order valence-electron chi connectivity index (χ4n) is 2.21. The van der Waals surface area contributed by atoms with Crippen molar-refractivity contribution in [2.45, 2.75) is 16.6 Å². The molecule has 0 saturated carbocycles. The molecule has 2 amide bonds. The van der Waals surface area contributed by atoms with Crippen LogP contribution in [0, 0.1) is 0 Å². The average Bonchev–Trinajstić information content (AvgIpc) is 2.57. The van der Waals surface area contributed by atoms with Crippen molar-refractivity contribution < 1.29 is 14.7 Å². The Bertz CT molecular complexity index is 807. The lowest BCUT2D eigenvalue weighted by molar-refractivity contribution is -0.124. The van der Waals surface area contributed by atoms with Gasteiger partial charge in [0.1, 0.15) is 5.75 Å². The Labute approximate surface area is 143 Å². The molecule has 0 saturated heterocycles. The zero-order chi connectivity index (χ0) is 16.9. The molecular formula is C17H15N3O3S. The molecule has 1 heterocycles. The van der Waals surface area contributed by atoms with Gasteiger partial charge in [-0.2, -0.15) is 5.10 Å². The van der Waals surface area contributed by atoms with E-state index in [0.29, 0.717) is 5.56 Å². The number of anilines is 1. The molecule has 2 aromatic rings. The summed E-state index contributed by atoms with van der Waals surface area (Å²) in [4.78, 5) is 24.9. The maximum absolute atomic E-state index is 12.0. The van der Waals surface area contributed by atoms with Gasteiger partial charge in [-0.3, -0.25) is 9.59 Å². The van der Waals surface area contributed by atoms with Gasteiger partial charge in [0.2, 0.25) is 11.8 Å². The van der Waals surface area contributed by atoms with Crippen LogP contribution in [-0.4, -0.2) is 28.4 Å². The molecule has 24 heavy (non-hydrogen) atoms. The van der Waals surface area contributed by atoms with Gasteiger partial charge in [-0.05, 0) is 24.3 Å². The van der Waals surface area contributed by atoms with Crippen LogP contribution in [-0.2, 0) is 9.59 Å². The Balaban J connectivity index is 1.58. The van der Waals surface area contributed by atoms with Gasteiger partial charge >= 0.3 is 0 Å². The van der Waals surface area contributed by atoms with Gasteiger partial charge in [-0.1, -0.05) is 24.3 Å². The van der Waals surface area contributed by atoms with E-state index in [1.54, 1.807) is 18.2 Å². The second-order valence-electron chi connectivity index (χ2n) is 5.15. The lowest BCUT2D eigenvalue weighted by Gasteiger charge is -2.23. The minimum atomic E-state index is -0.500. The van der Waals surface area contributed by atoms with E-state index in [4.69, 9.17) is 0 Å². The number of phenolic OH excluding ortho intramolecular Hbond substituents is 1. The molecule has 0 aromatic heterocycles. The summed E-state index contributed by atoms with van der Waals surface area (Å²) in [7, 11) is 0. The van der Waals surface area contributed by atoms with Crippen LogP contribution in [0.3, 0.4) is 0 Å². The van der Waals surface area contributed by atoms with Crippen LogP contribution < -0.4 is 10.7 Å². The molecule has 1 atom stereocenters. The van der Waals surface area contributed by atoms with Crippen molar-refractivity contribution in [3.63, 3.8) is 0 Å². The first kappa shape index (κ1) is 16.1. The minimum Gasteiger partial charge on any atom is -0.507 e. The van der Waals surface area contributed by atoms with Crippen LogP contribution in [0.4, 0.5) is 5.69 Å². The molecular weight excluding hydrogens is 326 g/mol. The molecule has 1 unspecified atom stereocenters. The molecule has 3 rings (SSSR count). The molecule has 0 fully saturated rings. The van der Waals surface area contributed by atoms with Crippen molar-refractivity contribution in [1.29, 1.82) is 0 Å². The first-order valence-corrected chi connectivity index (χ1v) is 8.18. The number of hydrogen-bond donors (Lipinski definition) is 3. The van der Waals surface area contributed by atoms with Crippen molar-refractivity contribution in [1.82, 2.24) is 5.43 Å². The second kappa shape index (κ2) is 7.18. The van der Waals surface area contributed by atoms with E-state index in [2.05, 4.69) is 15.8 Å². The molecule has 0 radical (unpaired) electrons. The number of rotatable bonds is 4. The van der Waals surface area contributed by atoms with Gasteiger partial charge in [0, 0.05) is 16.9 Å². The maximum Gasteiger partial charge on any atom is 0.241 e. The van der Waals surface area contributed by atoms with E-state index in [-0.39, 0.29) is 24.0 Å². The number of amides is 2. The molecule has 0 spiro atoms. The second-order valence-corrected chi connectivity index (χ2v) is 6.39. The summed E-state index contributed by atoms with van der Waals surface area (Å²) >= 11 is 1.36. The van der Waals surface area contributed by atoms with Crippen molar-refractivity contribution >= 4 is 35.5 Å². The zero-order valence-electron chi connectivity index (χ0n) is 12.6. The monoisotopic (exact) mass is 341 g/mol. The molecule has 1 aliphatic rings. The Morgan fingerprint density at radius 1 is 1.25 bits per heavy atom. The lowest BCUT2D eigenvalue weighted by Crippen LogP contribution is -2.33. The number of carbonyl (C=O) groups is 2. The van der Waals surface area contributed by atoms with Crippen LogP contribution in [0.2, 0.25) is 0 Å². The van der Waals surface area contributed by atoms with Crippen LogP contribution in [0.25, 0.3) is 0 Å².